The predicted octanol–water partition coefficient (Wildman–Crippen LogP) is 3.69. The van der Waals surface area contributed by atoms with Gasteiger partial charge in [0, 0.05) is 4.32 Å². The maximum Gasteiger partial charge on any atom is 0.311 e. The highest BCUT2D eigenvalue weighted by Crippen LogP contribution is 2.65. The van der Waals surface area contributed by atoms with Crippen LogP contribution in [0.15, 0.2) is 30.6 Å². The van der Waals surface area contributed by atoms with Crippen LogP contribution in [0.4, 0.5) is 0 Å². The van der Waals surface area contributed by atoms with Gasteiger partial charge in [0.05, 0.1) is 12.1 Å². The number of ether oxygens (including phenoxy) is 1. The molecule has 1 heterocycles. The predicted molar refractivity (Wildman–Crippen MR) is 98.2 cm³/mol. The lowest BCUT2D eigenvalue weighted by molar-refractivity contribution is -0.141. The Morgan fingerprint density at radius 1 is 1.19 bits per heavy atom. The molecule has 2 unspecified atom stereocenters. The molecule has 4 bridgehead atoms. The van der Waals surface area contributed by atoms with Crippen LogP contribution in [-0.4, -0.2) is 30.5 Å². The molecule has 0 aliphatic heterocycles. The lowest BCUT2D eigenvalue weighted by Crippen LogP contribution is -2.53. The van der Waals surface area contributed by atoms with E-state index >= 15 is 0 Å². The van der Waals surface area contributed by atoms with Gasteiger partial charge in [0.1, 0.15) is 12.1 Å². The molecule has 1 aromatic heterocycles. The van der Waals surface area contributed by atoms with Crippen molar-refractivity contribution in [2.24, 2.45) is 17.3 Å². The van der Waals surface area contributed by atoms with E-state index in [1.165, 1.54) is 38.4 Å². The quantitative estimate of drug-likeness (QED) is 0.431. The number of tetrazole rings is 1. The summed E-state index contributed by atoms with van der Waals surface area (Å²) in [5, 5.41) is 11.1. The number of aromatic nitrogens is 4. The van der Waals surface area contributed by atoms with Gasteiger partial charge >= 0.3 is 5.97 Å². The minimum atomic E-state index is -0.113. The van der Waals surface area contributed by atoms with Gasteiger partial charge in [0.2, 0.25) is 0 Å². The average molecular weight is 417 g/mol. The van der Waals surface area contributed by atoms with Crippen LogP contribution in [0.1, 0.15) is 44.9 Å². The molecule has 4 aliphatic rings. The topological polar surface area (TPSA) is 69.9 Å². The van der Waals surface area contributed by atoms with Crippen LogP contribution in [0.5, 0.6) is 5.75 Å². The van der Waals surface area contributed by atoms with Gasteiger partial charge in [0.15, 0.2) is 0 Å². The summed E-state index contributed by atoms with van der Waals surface area (Å²) < 4.78 is 7.48. The molecule has 0 radical (unpaired) electrons. The van der Waals surface area contributed by atoms with Crippen LogP contribution >= 0.6 is 15.9 Å². The van der Waals surface area contributed by atoms with Crippen molar-refractivity contribution in [3.8, 4) is 11.4 Å². The number of esters is 1. The molecule has 0 N–H and O–H groups in total. The molecule has 7 heteroatoms. The third-order valence-corrected chi connectivity index (χ3v) is 7.24. The molecule has 6 nitrogen and oxygen atoms in total. The molecule has 26 heavy (non-hydrogen) atoms. The van der Waals surface area contributed by atoms with Crippen molar-refractivity contribution in [3.63, 3.8) is 0 Å². The highest BCUT2D eigenvalue weighted by molar-refractivity contribution is 9.10. The van der Waals surface area contributed by atoms with Gasteiger partial charge in [-0.15, -0.1) is 5.10 Å². The summed E-state index contributed by atoms with van der Waals surface area (Å²) in [7, 11) is 0. The zero-order valence-electron chi connectivity index (χ0n) is 14.5. The van der Waals surface area contributed by atoms with Crippen LogP contribution in [0, 0.1) is 17.3 Å². The van der Waals surface area contributed by atoms with Crippen molar-refractivity contribution in [2.75, 3.05) is 0 Å². The van der Waals surface area contributed by atoms with Gasteiger partial charge in [-0.1, -0.05) is 15.9 Å². The summed E-state index contributed by atoms with van der Waals surface area (Å²) in [5.74, 6) is 2.02. The molecule has 0 amide bonds. The molecular weight excluding hydrogens is 396 g/mol. The van der Waals surface area contributed by atoms with Crippen molar-refractivity contribution < 1.29 is 9.53 Å². The van der Waals surface area contributed by atoms with E-state index < -0.39 is 0 Å². The second kappa shape index (κ2) is 5.87. The van der Waals surface area contributed by atoms with Crippen molar-refractivity contribution in [1.29, 1.82) is 0 Å². The molecule has 1 aromatic carbocycles. The van der Waals surface area contributed by atoms with Gasteiger partial charge < -0.3 is 4.74 Å². The van der Waals surface area contributed by atoms with Gasteiger partial charge in [-0.25, -0.2) is 4.68 Å². The third-order valence-electron chi connectivity index (χ3n) is 6.31. The molecule has 4 saturated carbocycles. The molecule has 136 valence electrons. The summed E-state index contributed by atoms with van der Waals surface area (Å²) >= 11 is 4.01. The Bertz CT molecular complexity index is 807. The average Bonchev–Trinajstić information content (AvgIpc) is 3.07. The molecule has 2 aromatic rings. The smallest absolute Gasteiger partial charge is 0.311 e. The van der Waals surface area contributed by atoms with Gasteiger partial charge in [-0.2, -0.15) is 0 Å². The van der Waals surface area contributed by atoms with E-state index in [2.05, 4.69) is 31.5 Å². The summed E-state index contributed by atoms with van der Waals surface area (Å²) in [6.07, 6.45) is 9.45. The Labute approximate surface area is 160 Å². The van der Waals surface area contributed by atoms with Crippen LogP contribution < -0.4 is 4.74 Å². The van der Waals surface area contributed by atoms with Crippen molar-refractivity contribution in [2.45, 2.75) is 49.3 Å². The number of carbonyl (C=O) groups excluding carboxylic acids is 1. The number of benzene rings is 1. The number of alkyl halides is 1. The van der Waals surface area contributed by atoms with E-state index in [0.717, 1.165) is 23.9 Å². The largest absolute Gasteiger partial charge is 0.427 e. The number of halogens is 1. The Kier molecular flexibility index (Phi) is 3.71. The minimum absolute atomic E-state index is 0.113. The number of hydrogen-bond acceptors (Lipinski definition) is 5. The molecular formula is C19H21BrN4O2. The van der Waals surface area contributed by atoms with E-state index in [4.69, 9.17) is 4.74 Å². The Morgan fingerprint density at radius 3 is 2.54 bits per heavy atom. The summed E-state index contributed by atoms with van der Waals surface area (Å²) in [5.41, 5.74) is 0.967. The molecule has 4 fully saturated rings. The fraction of sp³-hybridized carbons (Fsp3) is 0.579. The summed E-state index contributed by atoms with van der Waals surface area (Å²) in [6, 6.07) is 7.27. The van der Waals surface area contributed by atoms with Gasteiger partial charge in [-0.3, -0.25) is 4.79 Å². The van der Waals surface area contributed by atoms with Gasteiger partial charge in [0.25, 0.3) is 0 Å². The van der Waals surface area contributed by atoms with Crippen molar-refractivity contribution >= 4 is 21.9 Å². The zero-order chi connectivity index (χ0) is 17.8. The highest BCUT2D eigenvalue weighted by atomic mass is 79.9. The number of nitrogens with zero attached hydrogens (tertiary/aromatic N) is 4. The van der Waals surface area contributed by atoms with E-state index in [-0.39, 0.29) is 15.7 Å². The summed E-state index contributed by atoms with van der Waals surface area (Å²) in [6.45, 7) is 0. The SMILES string of the molecule is O=C(CC12C[C@@H]3C[C@@H](CC(Br)(C3)C1)C2)Oc1ccc(-n2cnnn2)cc1. The number of rotatable bonds is 4. The van der Waals surface area contributed by atoms with E-state index in [9.17, 15) is 4.79 Å². The molecule has 4 aliphatic carbocycles. The van der Waals surface area contributed by atoms with Crippen molar-refractivity contribution in [3.05, 3.63) is 30.6 Å². The molecule has 4 atom stereocenters. The normalized spacial score (nSPS) is 34.8. The maximum atomic E-state index is 12.6. The van der Waals surface area contributed by atoms with Crippen LogP contribution in [0.3, 0.4) is 0 Å². The first-order valence-electron chi connectivity index (χ1n) is 9.24. The fourth-order valence-corrected chi connectivity index (χ4v) is 7.47. The first kappa shape index (κ1) is 16.4. The standard InChI is InChI=1S/C19H21BrN4O2/c20-19-8-13-5-14(9-19)7-18(6-13,11-19)10-17(25)26-16-3-1-15(2-4-16)24-12-21-22-23-24/h1-4,12-14H,5-11H2/t13-,14+,18?,19?. The number of hydrogen-bond donors (Lipinski definition) is 0. The van der Waals surface area contributed by atoms with Crippen molar-refractivity contribution in [1.82, 2.24) is 20.2 Å². The fourth-order valence-electron chi connectivity index (χ4n) is 5.96. The summed E-state index contributed by atoms with van der Waals surface area (Å²) in [4.78, 5) is 12.6. The lowest BCUT2D eigenvalue weighted by atomic mass is 9.49. The number of carbonyl (C=O) groups is 1. The lowest BCUT2D eigenvalue weighted by Gasteiger charge is -2.60. The van der Waals surface area contributed by atoms with Crippen LogP contribution in [0.25, 0.3) is 5.69 Å². The Balaban J connectivity index is 1.26. The van der Waals surface area contributed by atoms with E-state index in [1.807, 2.05) is 12.1 Å². The zero-order valence-corrected chi connectivity index (χ0v) is 16.1. The first-order valence-corrected chi connectivity index (χ1v) is 10.0. The van der Waals surface area contributed by atoms with E-state index in [1.54, 1.807) is 16.8 Å². The Morgan fingerprint density at radius 2 is 1.92 bits per heavy atom. The molecule has 0 spiro atoms. The Hall–Kier alpha value is -1.76. The molecule has 6 rings (SSSR count). The van der Waals surface area contributed by atoms with E-state index in [0.29, 0.717) is 12.2 Å². The minimum Gasteiger partial charge on any atom is -0.427 e. The maximum absolute atomic E-state index is 12.6. The second-order valence-electron chi connectivity index (χ2n) is 8.51. The molecule has 0 saturated heterocycles. The third kappa shape index (κ3) is 2.96. The monoisotopic (exact) mass is 416 g/mol. The van der Waals surface area contributed by atoms with Crippen LogP contribution in [-0.2, 0) is 4.79 Å². The highest BCUT2D eigenvalue weighted by Gasteiger charge is 2.57. The van der Waals surface area contributed by atoms with Gasteiger partial charge in [-0.05, 0) is 90.5 Å². The second-order valence-corrected chi connectivity index (χ2v) is 10.2. The first-order chi connectivity index (χ1) is 12.5. The van der Waals surface area contributed by atoms with Crippen LogP contribution in [0.2, 0.25) is 0 Å².